The molecule has 38 heavy (non-hydrogen) atoms. The molecule has 7 heteroatoms. The fourth-order valence-corrected chi connectivity index (χ4v) is 6.47. The minimum absolute atomic E-state index is 0.132. The van der Waals surface area contributed by atoms with Crippen molar-refractivity contribution in [2.75, 3.05) is 4.90 Å². The molecule has 2 atom stereocenters. The zero-order valence-corrected chi connectivity index (χ0v) is 20.9. The molecular formula is C31H28N4O3. The molecule has 2 aliphatic heterocycles. The van der Waals surface area contributed by atoms with Gasteiger partial charge < -0.3 is 10.3 Å². The van der Waals surface area contributed by atoms with Crippen LogP contribution in [0.3, 0.4) is 0 Å². The van der Waals surface area contributed by atoms with Crippen LogP contribution in [-0.2, 0) is 11.2 Å². The maximum absolute atomic E-state index is 14.2. The molecule has 4 amide bonds. The number of nitrogens with one attached hydrogen (secondary N) is 2. The number of hydrogen-bond acceptors (Lipinski definition) is 3. The minimum atomic E-state index is -0.662. The van der Waals surface area contributed by atoms with Crippen molar-refractivity contribution in [3.05, 3.63) is 101 Å². The molecule has 2 fully saturated rings. The Balaban J connectivity index is 1.32. The number of benzene rings is 3. The summed E-state index contributed by atoms with van der Waals surface area (Å²) in [5, 5.41) is 4.18. The fraction of sp³-hybridized carbons (Fsp3) is 0.258. The first kappa shape index (κ1) is 22.8. The van der Waals surface area contributed by atoms with Crippen LogP contribution >= 0.6 is 0 Å². The van der Waals surface area contributed by atoms with Crippen LogP contribution < -0.4 is 10.2 Å². The predicted octanol–water partition coefficient (Wildman–Crippen LogP) is 5.32. The van der Waals surface area contributed by atoms with Crippen LogP contribution in [0.2, 0.25) is 0 Å². The van der Waals surface area contributed by atoms with Crippen LogP contribution in [0, 0.1) is 0 Å². The number of para-hydroxylation sites is 2. The third-order valence-electron chi connectivity index (χ3n) is 8.24. The lowest BCUT2D eigenvalue weighted by atomic mass is 9.89. The van der Waals surface area contributed by atoms with Crippen LogP contribution in [0.4, 0.5) is 10.5 Å². The molecule has 1 aliphatic carbocycles. The summed E-state index contributed by atoms with van der Waals surface area (Å²) in [6.45, 7) is 0. The Bertz CT molecular complexity index is 1570. The van der Waals surface area contributed by atoms with Gasteiger partial charge in [0.2, 0.25) is 0 Å². The van der Waals surface area contributed by atoms with Gasteiger partial charge in [-0.25, -0.2) is 9.69 Å². The topological polar surface area (TPSA) is 85.5 Å². The Kier molecular flexibility index (Phi) is 5.32. The van der Waals surface area contributed by atoms with Crippen molar-refractivity contribution in [2.45, 2.75) is 50.2 Å². The maximum Gasteiger partial charge on any atom is 0.332 e. The number of urea groups is 1. The lowest BCUT2D eigenvalue weighted by Gasteiger charge is -2.36. The average Bonchev–Trinajstić information content (AvgIpc) is 3.65. The second-order valence-electron chi connectivity index (χ2n) is 10.4. The van der Waals surface area contributed by atoms with Crippen molar-refractivity contribution in [1.29, 1.82) is 0 Å². The van der Waals surface area contributed by atoms with Gasteiger partial charge in [-0.3, -0.25) is 14.5 Å². The zero-order chi connectivity index (χ0) is 25.8. The number of H-pyrrole nitrogens is 1. The summed E-state index contributed by atoms with van der Waals surface area (Å²) >= 11 is 0. The van der Waals surface area contributed by atoms with Gasteiger partial charge in [0, 0.05) is 29.1 Å². The molecule has 3 aliphatic rings. The number of aromatic nitrogens is 1. The van der Waals surface area contributed by atoms with Gasteiger partial charge in [0.15, 0.2) is 0 Å². The summed E-state index contributed by atoms with van der Waals surface area (Å²) in [6.07, 6.45) is 4.52. The van der Waals surface area contributed by atoms with Crippen molar-refractivity contribution < 1.29 is 14.4 Å². The lowest BCUT2D eigenvalue weighted by Crippen LogP contribution is -2.44. The van der Waals surface area contributed by atoms with E-state index < -0.39 is 18.1 Å². The number of nitrogens with zero attached hydrogens (tertiary/aromatic N) is 2. The van der Waals surface area contributed by atoms with Gasteiger partial charge >= 0.3 is 6.03 Å². The molecule has 4 aromatic rings. The smallest absolute Gasteiger partial charge is 0.332 e. The highest BCUT2D eigenvalue weighted by atomic mass is 16.2. The van der Waals surface area contributed by atoms with E-state index in [2.05, 4.69) is 16.4 Å². The van der Waals surface area contributed by atoms with Crippen molar-refractivity contribution in [3.8, 4) is 0 Å². The highest BCUT2D eigenvalue weighted by molar-refractivity contribution is 6.24. The van der Waals surface area contributed by atoms with Crippen LogP contribution in [0.25, 0.3) is 10.9 Å². The minimum Gasteiger partial charge on any atom is -0.356 e. The van der Waals surface area contributed by atoms with Crippen molar-refractivity contribution in [1.82, 2.24) is 15.2 Å². The number of fused-ring (bicyclic) bond motifs is 4. The van der Waals surface area contributed by atoms with E-state index in [0.717, 1.165) is 53.4 Å². The largest absolute Gasteiger partial charge is 0.356 e. The first-order valence-corrected chi connectivity index (χ1v) is 13.3. The van der Waals surface area contributed by atoms with Gasteiger partial charge in [0.05, 0.1) is 11.3 Å². The molecule has 1 aromatic heterocycles. The first-order chi connectivity index (χ1) is 18.6. The summed E-state index contributed by atoms with van der Waals surface area (Å²) in [6, 6.07) is 23.4. The molecule has 1 saturated carbocycles. The van der Waals surface area contributed by atoms with Crippen LogP contribution in [0.1, 0.15) is 58.9 Å². The summed E-state index contributed by atoms with van der Waals surface area (Å²) in [4.78, 5) is 48.0. The summed E-state index contributed by atoms with van der Waals surface area (Å²) in [5.41, 5.74) is 4.61. The van der Waals surface area contributed by atoms with Gasteiger partial charge in [0.1, 0.15) is 12.1 Å². The van der Waals surface area contributed by atoms with Crippen LogP contribution in [0.5, 0.6) is 0 Å². The number of carbonyl (C=O) groups excluding carboxylic acids is 3. The molecule has 2 N–H and O–H groups in total. The molecule has 3 aromatic carbocycles. The Hall–Kier alpha value is -4.39. The average molecular weight is 505 g/mol. The fourth-order valence-electron chi connectivity index (χ4n) is 6.47. The number of hydrogen-bond donors (Lipinski definition) is 2. The van der Waals surface area contributed by atoms with E-state index in [-0.39, 0.29) is 17.9 Å². The number of carbonyl (C=O) groups is 3. The van der Waals surface area contributed by atoms with E-state index in [1.807, 2.05) is 48.5 Å². The lowest BCUT2D eigenvalue weighted by molar-refractivity contribution is -0.120. The quantitative estimate of drug-likeness (QED) is 0.369. The SMILES string of the molecule is O=C(NC1CCCC1)c1ccccc1N1C(=O)[C@@H]2Cc3c([nH]c4ccccc34)[C@@H](c3ccccc3)N2C1=O. The normalized spacial score (nSPS) is 21.2. The van der Waals surface area contributed by atoms with E-state index in [1.54, 1.807) is 29.2 Å². The van der Waals surface area contributed by atoms with Crippen molar-refractivity contribution >= 4 is 34.4 Å². The molecule has 0 unspecified atom stereocenters. The first-order valence-electron chi connectivity index (χ1n) is 13.3. The van der Waals surface area contributed by atoms with Gasteiger partial charge in [-0.2, -0.15) is 0 Å². The summed E-state index contributed by atoms with van der Waals surface area (Å²) < 4.78 is 0. The molecule has 7 nitrogen and oxygen atoms in total. The highest BCUT2D eigenvalue weighted by Gasteiger charge is 2.53. The van der Waals surface area contributed by atoms with Gasteiger partial charge in [-0.1, -0.05) is 73.5 Å². The van der Waals surface area contributed by atoms with E-state index >= 15 is 0 Å². The maximum atomic E-state index is 14.2. The van der Waals surface area contributed by atoms with E-state index in [4.69, 9.17) is 0 Å². The molecule has 0 bridgehead atoms. The molecule has 1 saturated heterocycles. The zero-order valence-electron chi connectivity index (χ0n) is 20.9. The molecule has 0 spiro atoms. The van der Waals surface area contributed by atoms with Crippen LogP contribution in [-0.4, -0.2) is 39.8 Å². The second-order valence-corrected chi connectivity index (χ2v) is 10.4. The standard InChI is InChI=1S/C31H28N4O3/c36-29(32-20-12-4-5-13-20)22-15-7-9-17-25(22)35-30(37)26-18-23-21-14-6-8-16-24(21)33-27(23)28(34(26)31(35)38)19-10-2-1-3-11-19/h1-3,6-11,14-17,20,26,28,33H,4-5,12-13,18H2,(H,32,36)/t26-,28+/m0/s1. The third kappa shape index (κ3) is 3.45. The molecule has 0 radical (unpaired) electrons. The van der Waals surface area contributed by atoms with E-state index in [0.29, 0.717) is 17.7 Å². The van der Waals surface area contributed by atoms with Crippen molar-refractivity contribution in [3.63, 3.8) is 0 Å². The molecule has 190 valence electrons. The van der Waals surface area contributed by atoms with Crippen LogP contribution in [0.15, 0.2) is 78.9 Å². The number of anilines is 1. The monoisotopic (exact) mass is 504 g/mol. The van der Waals surface area contributed by atoms with Crippen molar-refractivity contribution in [2.24, 2.45) is 0 Å². The Labute approximate surface area is 220 Å². The Morgan fingerprint density at radius 2 is 1.58 bits per heavy atom. The predicted molar refractivity (Wildman–Crippen MR) is 145 cm³/mol. The summed E-state index contributed by atoms with van der Waals surface area (Å²) in [7, 11) is 0. The molecular weight excluding hydrogens is 476 g/mol. The highest BCUT2D eigenvalue weighted by Crippen LogP contribution is 2.45. The number of aromatic amines is 1. The third-order valence-corrected chi connectivity index (χ3v) is 8.24. The number of amides is 4. The molecule has 7 rings (SSSR count). The van der Waals surface area contributed by atoms with Gasteiger partial charge in [-0.05, 0) is 42.2 Å². The number of imide groups is 1. The number of rotatable bonds is 4. The van der Waals surface area contributed by atoms with Gasteiger partial charge in [0.25, 0.3) is 11.8 Å². The summed E-state index contributed by atoms with van der Waals surface area (Å²) in [5.74, 6) is -0.540. The Morgan fingerprint density at radius 3 is 2.39 bits per heavy atom. The second kappa shape index (κ2) is 8.87. The van der Waals surface area contributed by atoms with E-state index in [1.165, 1.54) is 4.90 Å². The van der Waals surface area contributed by atoms with E-state index in [9.17, 15) is 14.4 Å². The Morgan fingerprint density at radius 1 is 0.868 bits per heavy atom. The van der Waals surface area contributed by atoms with Gasteiger partial charge in [-0.15, -0.1) is 0 Å². The molecule has 3 heterocycles.